The van der Waals surface area contributed by atoms with Crippen molar-refractivity contribution in [1.82, 2.24) is 20.9 Å². The van der Waals surface area contributed by atoms with E-state index in [0.29, 0.717) is 13.0 Å². The van der Waals surface area contributed by atoms with Crippen molar-refractivity contribution in [3.63, 3.8) is 0 Å². The molecule has 3 rings (SSSR count). The fraction of sp³-hybridized carbons (Fsp3) is 0.471. The van der Waals surface area contributed by atoms with Crippen LogP contribution in [-0.4, -0.2) is 55.9 Å². The van der Waals surface area contributed by atoms with Crippen LogP contribution in [-0.2, 0) is 19.1 Å². The number of fused-ring (bicyclic) bond motifs is 3. The maximum Gasteiger partial charge on any atom is 0.248 e. The fourth-order valence-electron chi connectivity index (χ4n) is 3.38. The van der Waals surface area contributed by atoms with Crippen LogP contribution in [0.15, 0.2) is 24.3 Å². The monoisotopic (exact) mass is 346 g/mol. The first kappa shape index (κ1) is 17.4. The molecule has 0 aliphatic carbocycles. The Morgan fingerprint density at radius 1 is 1.24 bits per heavy atom. The highest BCUT2D eigenvalue weighted by atomic mass is 16.5. The van der Waals surface area contributed by atoms with Gasteiger partial charge in [0.05, 0.1) is 13.2 Å². The van der Waals surface area contributed by atoms with Gasteiger partial charge in [0.25, 0.3) is 0 Å². The summed E-state index contributed by atoms with van der Waals surface area (Å²) in [6, 6.07) is 5.90. The Balaban J connectivity index is 1.94. The minimum absolute atomic E-state index is 0.118. The molecule has 1 aromatic carbocycles. The Morgan fingerprint density at radius 2 is 1.96 bits per heavy atom. The molecule has 0 bridgehead atoms. The molecular weight excluding hydrogens is 324 g/mol. The standard InChI is InChI=1S/C17H22N4O4/c1-18-9-13(22)20-12-7-8-25-17-11-6-4-3-5-10(11)14(15(23)19-2)21(17)16(12)24/h3-6,12,14,17-18H,7-9H2,1-2H3,(H,19,23)(H,20,22). The molecule has 3 amide bonds. The number of hydrogen-bond acceptors (Lipinski definition) is 5. The van der Waals surface area contributed by atoms with E-state index < -0.39 is 18.3 Å². The summed E-state index contributed by atoms with van der Waals surface area (Å²) >= 11 is 0. The van der Waals surface area contributed by atoms with E-state index >= 15 is 0 Å². The summed E-state index contributed by atoms with van der Waals surface area (Å²) in [7, 11) is 3.19. The Kier molecular flexibility index (Phi) is 5.00. The summed E-state index contributed by atoms with van der Waals surface area (Å²) in [5, 5.41) is 8.09. The molecule has 2 aliphatic heterocycles. The van der Waals surface area contributed by atoms with Gasteiger partial charge in [-0.2, -0.15) is 0 Å². The minimum atomic E-state index is -0.763. The zero-order valence-electron chi connectivity index (χ0n) is 14.2. The molecule has 134 valence electrons. The maximum atomic E-state index is 13.1. The van der Waals surface area contributed by atoms with E-state index in [9.17, 15) is 14.4 Å². The number of rotatable bonds is 4. The number of carbonyl (C=O) groups is 3. The van der Waals surface area contributed by atoms with Gasteiger partial charge < -0.3 is 20.7 Å². The van der Waals surface area contributed by atoms with E-state index in [-0.39, 0.29) is 24.3 Å². The van der Waals surface area contributed by atoms with E-state index in [1.807, 2.05) is 24.3 Å². The summed E-state index contributed by atoms with van der Waals surface area (Å²) in [6.45, 7) is 0.430. The molecule has 0 saturated carbocycles. The van der Waals surface area contributed by atoms with Crippen LogP contribution in [0.25, 0.3) is 0 Å². The molecular formula is C17H22N4O4. The average Bonchev–Trinajstić information content (AvgIpc) is 2.85. The van der Waals surface area contributed by atoms with E-state index in [1.54, 1.807) is 7.05 Å². The SMILES string of the molecule is CNCC(=O)NC1CCOC2c3ccccc3C(C(=O)NC)N2C1=O. The predicted molar refractivity (Wildman–Crippen MR) is 89.3 cm³/mol. The lowest BCUT2D eigenvalue weighted by molar-refractivity contribution is -0.152. The Morgan fingerprint density at radius 3 is 2.64 bits per heavy atom. The maximum absolute atomic E-state index is 13.1. The van der Waals surface area contributed by atoms with E-state index in [2.05, 4.69) is 16.0 Å². The normalized spacial score (nSPS) is 25.0. The van der Waals surface area contributed by atoms with Crippen molar-refractivity contribution in [2.24, 2.45) is 0 Å². The molecule has 1 aromatic rings. The molecule has 8 nitrogen and oxygen atoms in total. The molecule has 0 aromatic heterocycles. The topological polar surface area (TPSA) is 99.8 Å². The summed E-state index contributed by atoms with van der Waals surface area (Å²) < 4.78 is 5.88. The number of amides is 3. The van der Waals surface area contributed by atoms with Gasteiger partial charge >= 0.3 is 0 Å². The molecule has 3 unspecified atom stereocenters. The molecule has 0 radical (unpaired) electrons. The van der Waals surface area contributed by atoms with Gasteiger partial charge in [0.15, 0.2) is 6.23 Å². The van der Waals surface area contributed by atoms with Gasteiger partial charge in [-0.15, -0.1) is 0 Å². The number of nitrogens with zero attached hydrogens (tertiary/aromatic N) is 1. The average molecular weight is 346 g/mol. The lowest BCUT2D eigenvalue weighted by Gasteiger charge is -2.29. The Bertz CT molecular complexity index is 693. The molecule has 3 atom stereocenters. The molecule has 3 N–H and O–H groups in total. The molecule has 8 heteroatoms. The van der Waals surface area contributed by atoms with Crippen molar-refractivity contribution in [2.45, 2.75) is 24.7 Å². The van der Waals surface area contributed by atoms with Crippen molar-refractivity contribution < 1.29 is 19.1 Å². The fourth-order valence-corrected chi connectivity index (χ4v) is 3.38. The lowest BCUT2D eigenvalue weighted by Crippen LogP contribution is -2.51. The van der Waals surface area contributed by atoms with Crippen molar-refractivity contribution in [3.05, 3.63) is 35.4 Å². The zero-order chi connectivity index (χ0) is 18.0. The second kappa shape index (κ2) is 7.20. The predicted octanol–water partition coefficient (Wildman–Crippen LogP) is -0.561. The van der Waals surface area contributed by atoms with Crippen LogP contribution in [0.3, 0.4) is 0 Å². The number of hydrogen-bond donors (Lipinski definition) is 3. The van der Waals surface area contributed by atoms with Gasteiger partial charge in [-0.3, -0.25) is 19.3 Å². The van der Waals surface area contributed by atoms with Crippen LogP contribution in [0.4, 0.5) is 0 Å². The van der Waals surface area contributed by atoms with Crippen LogP contribution in [0, 0.1) is 0 Å². The molecule has 1 fully saturated rings. The van der Waals surface area contributed by atoms with Crippen LogP contribution in [0.2, 0.25) is 0 Å². The largest absolute Gasteiger partial charge is 0.357 e. The summed E-state index contributed by atoms with van der Waals surface area (Å²) in [5.74, 6) is -0.863. The first-order valence-electron chi connectivity index (χ1n) is 8.26. The van der Waals surface area contributed by atoms with Crippen LogP contribution in [0.5, 0.6) is 0 Å². The number of carbonyl (C=O) groups excluding carboxylic acids is 3. The van der Waals surface area contributed by atoms with Crippen LogP contribution in [0.1, 0.15) is 29.8 Å². The summed E-state index contributed by atoms with van der Waals surface area (Å²) in [4.78, 5) is 38.9. The van der Waals surface area contributed by atoms with E-state index in [4.69, 9.17) is 4.74 Å². The molecule has 2 aliphatic rings. The highest BCUT2D eigenvalue weighted by Gasteiger charge is 2.48. The quantitative estimate of drug-likeness (QED) is 0.679. The molecule has 0 spiro atoms. The molecule has 1 saturated heterocycles. The highest BCUT2D eigenvalue weighted by molar-refractivity contribution is 5.94. The van der Waals surface area contributed by atoms with Crippen molar-refractivity contribution in [1.29, 1.82) is 0 Å². The third kappa shape index (κ3) is 3.10. The Labute approximate surface area is 145 Å². The van der Waals surface area contributed by atoms with Gasteiger partial charge in [0, 0.05) is 19.0 Å². The molecule has 25 heavy (non-hydrogen) atoms. The Hall–Kier alpha value is -2.45. The van der Waals surface area contributed by atoms with Crippen LogP contribution >= 0.6 is 0 Å². The number of ether oxygens (including phenoxy) is 1. The van der Waals surface area contributed by atoms with Crippen molar-refractivity contribution >= 4 is 17.7 Å². The summed E-state index contributed by atoms with van der Waals surface area (Å²) in [6.07, 6.45) is -0.249. The minimum Gasteiger partial charge on any atom is -0.357 e. The number of nitrogens with one attached hydrogen (secondary N) is 3. The second-order valence-electron chi connectivity index (χ2n) is 6.05. The summed E-state index contributed by atoms with van der Waals surface area (Å²) in [5.41, 5.74) is 1.56. The first-order chi connectivity index (χ1) is 12.1. The first-order valence-corrected chi connectivity index (χ1v) is 8.26. The number of likely N-dealkylation sites (N-methyl/N-ethyl adjacent to an activating group) is 2. The number of benzene rings is 1. The van der Waals surface area contributed by atoms with Crippen LogP contribution < -0.4 is 16.0 Å². The van der Waals surface area contributed by atoms with Gasteiger partial charge in [-0.1, -0.05) is 24.3 Å². The van der Waals surface area contributed by atoms with Crippen molar-refractivity contribution in [3.8, 4) is 0 Å². The second-order valence-corrected chi connectivity index (χ2v) is 6.05. The van der Waals surface area contributed by atoms with Gasteiger partial charge in [-0.05, 0) is 12.6 Å². The van der Waals surface area contributed by atoms with Gasteiger partial charge in [0.2, 0.25) is 17.7 Å². The lowest BCUT2D eigenvalue weighted by atomic mass is 10.0. The third-order valence-corrected chi connectivity index (χ3v) is 4.49. The molecule has 2 heterocycles. The van der Waals surface area contributed by atoms with Crippen molar-refractivity contribution in [2.75, 3.05) is 27.2 Å². The van der Waals surface area contributed by atoms with Gasteiger partial charge in [0.1, 0.15) is 12.1 Å². The van der Waals surface area contributed by atoms with E-state index in [0.717, 1.165) is 11.1 Å². The smallest absolute Gasteiger partial charge is 0.248 e. The third-order valence-electron chi connectivity index (χ3n) is 4.49. The van der Waals surface area contributed by atoms with Gasteiger partial charge in [-0.25, -0.2) is 0 Å². The zero-order valence-corrected chi connectivity index (χ0v) is 14.2. The highest BCUT2D eigenvalue weighted by Crippen LogP contribution is 2.44. The van der Waals surface area contributed by atoms with E-state index in [1.165, 1.54) is 11.9 Å².